The minimum Gasteiger partial charge on any atom is -0.455 e. The van der Waals surface area contributed by atoms with Gasteiger partial charge in [0, 0.05) is 24.8 Å². The maximum atomic E-state index is 11.4. The minimum absolute atomic E-state index is 0.106. The van der Waals surface area contributed by atoms with E-state index < -0.39 is 0 Å². The van der Waals surface area contributed by atoms with Gasteiger partial charge in [-0.25, -0.2) is 0 Å². The van der Waals surface area contributed by atoms with Crippen molar-refractivity contribution < 1.29 is 19.1 Å². The molecule has 1 aliphatic carbocycles. The number of nitrogens with one attached hydrogen (secondary N) is 2. The van der Waals surface area contributed by atoms with Crippen molar-refractivity contribution in [2.45, 2.75) is 63.6 Å². The van der Waals surface area contributed by atoms with E-state index >= 15 is 0 Å². The number of hydrogen-bond donors (Lipinski definition) is 2. The SMILES string of the molecule is O=[N+]([O-])c1ccccc1-c1ccc(C[NH+]2CC[NH+]3CCC[C@@H]3[C@@H]2C2CCCCC2)o1. The van der Waals surface area contributed by atoms with E-state index in [1.165, 1.54) is 64.6 Å². The monoisotopic (exact) mass is 411 g/mol. The van der Waals surface area contributed by atoms with Crippen LogP contribution < -0.4 is 9.80 Å². The van der Waals surface area contributed by atoms with Crippen LogP contribution in [-0.4, -0.2) is 36.6 Å². The molecule has 0 spiro atoms. The first-order valence-electron chi connectivity index (χ1n) is 11.7. The molecule has 2 unspecified atom stereocenters. The van der Waals surface area contributed by atoms with E-state index in [2.05, 4.69) is 0 Å². The van der Waals surface area contributed by atoms with Gasteiger partial charge in [-0.1, -0.05) is 31.4 Å². The van der Waals surface area contributed by atoms with E-state index in [0.29, 0.717) is 11.3 Å². The highest BCUT2D eigenvalue weighted by molar-refractivity contribution is 5.69. The number of nitro benzene ring substituents is 1. The van der Waals surface area contributed by atoms with Crippen LogP contribution in [0, 0.1) is 16.0 Å². The normalized spacial score (nSPS) is 29.6. The first kappa shape index (κ1) is 19.8. The Morgan fingerprint density at radius 1 is 0.967 bits per heavy atom. The minimum atomic E-state index is -0.329. The van der Waals surface area contributed by atoms with Crippen LogP contribution in [0.25, 0.3) is 11.3 Å². The van der Waals surface area contributed by atoms with Crippen molar-refractivity contribution >= 4 is 5.69 Å². The van der Waals surface area contributed by atoms with Crippen LogP contribution in [0.3, 0.4) is 0 Å². The summed E-state index contributed by atoms with van der Waals surface area (Å²) in [5, 5.41) is 11.4. The van der Waals surface area contributed by atoms with Gasteiger partial charge in [0.05, 0.1) is 17.0 Å². The molecule has 160 valence electrons. The number of nitrogens with zero attached hydrogens (tertiary/aromatic N) is 1. The van der Waals surface area contributed by atoms with Gasteiger partial charge in [0.15, 0.2) is 5.76 Å². The summed E-state index contributed by atoms with van der Waals surface area (Å²) in [7, 11) is 0. The Labute approximate surface area is 178 Å². The zero-order valence-corrected chi connectivity index (χ0v) is 17.6. The summed E-state index contributed by atoms with van der Waals surface area (Å²) in [5.41, 5.74) is 0.673. The quantitative estimate of drug-likeness (QED) is 0.586. The van der Waals surface area contributed by atoms with Crippen LogP contribution in [0.1, 0.15) is 50.7 Å². The number of fused-ring (bicyclic) bond motifs is 1. The van der Waals surface area contributed by atoms with Gasteiger partial charge in [-0.05, 0) is 31.0 Å². The first-order chi connectivity index (χ1) is 14.7. The number of quaternary nitrogens is 2. The van der Waals surface area contributed by atoms with Gasteiger partial charge < -0.3 is 14.2 Å². The lowest BCUT2D eigenvalue weighted by Crippen LogP contribution is -3.32. The summed E-state index contributed by atoms with van der Waals surface area (Å²) in [6.07, 6.45) is 9.70. The summed E-state index contributed by atoms with van der Waals surface area (Å²) < 4.78 is 6.18. The lowest BCUT2D eigenvalue weighted by atomic mass is 9.78. The van der Waals surface area contributed by atoms with Crippen molar-refractivity contribution in [2.24, 2.45) is 5.92 Å². The number of nitro groups is 1. The van der Waals surface area contributed by atoms with Gasteiger partial charge in [0.25, 0.3) is 5.69 Å². The van der Waals surface area contributed by atoms with Gasteiger partial charge in [-0.3, -0.25) is 10.1 Å². The summed E-state index contributed by atoms with van der Waals surface area (Å²) in [4.78, 5) is 14.6. The van der Waals surface area contributed by atoms with Gasteiger partial charge in [0.1, 0.15) is 37.5 Å². The average molecular weight is 412 g/mol. The van der Waals surface area contributed by atoms with Gasteiger partial charge in [0.2, 0.25) is 0 Å². The second-order valence-corrected chi connectivity index (χ2v) is 9.46. The Bertz CT molecular complexity index is 889. The third-order valence-corrected chi connectivity index (χ3v) is 7.80. The molecule has 5 rings (SSSR count). The molecule has 2 saturated heterocycles. The largest absolute Gasteiger partial charge is 0.455 e. The maximum absolute atomic E-state index is 11.4. The highest BCUT2D eigenvalue weighted by Gasteiger charge is 2.49. The van der Waals surface area contributed by atoms with Crippen LogP contribution in [0.15, 0.2) is 40.8 Å². The van der Waals surface area contributed by atoms with E-state index in [9.17, 15) is 10.1 Å². The number of hydrogen-bond acceptors (Lipinski definition) is 3. The van der Waals surface area contributed by atoms with E-state index in [1.54, 1.807) is 23.1 Å². The molecular formula is C24H33N3O3+2. The second kappa shape index (κ2) is 8.52. The summed E-state index contributed by atoms with van der Waals surface area (Å²) in [6, 6.07) is 12.3. The average Bonchev–Trinajstić information content (AvgIpc) is 3.44. The van der Waals surface area contributed by atoms with Crippen molar-refractivity contribution in [1.82, 2.24) is 0 Å². The fraction of sp³-hybridized carbons (Fsp3) is 0.583. The molecule has 1 aromatic carbocycles. The Morgan fingerprint density at radius 2 is 1.80 bits per heavy atom. The molecular weight excluding hydrogens is 378 g/mol. The molecule has 4 atom stereocenters. The van der Waals surface area contributed by atoms with Crippen molar-refractivity contribution in [1.29, 1.82) is 0 Å². The molecule has 30 heavy (non-hydrogen) atoms. The molecule has 3 aliphatic rings. The standard InChI is InChI=1S/C24H31N3O3/c28-27(29)21-10-5-4-9-20(21)23-13-12-19(30-23)17-26-16-15-25-14-6-11-22(25)24(26)18-7-2-1-3-8-18/h4-5,9-10,12-13,18,22,24H,1-3,6-8,11,14-17H2/p+2/t22-,24+/m1/s1. The van der Waals surface area contributed by atoms with Crippen LogP contribution in [-0.2, 0) is 6.54 Å². The lowest BCUT2D eigenvalue weighted by molar-refractivity contribution is -1.05. The van der Waals surface area contributed by atoms with Gasteiger partial charge >= 0.3 is 0 Å². The number of furan rings is 1. The number of para-hydroxylation sites is 1. The molecule has 0 amide bonds. The molecule has 2 aromatic rings. The highest BCUT2D eigenvalue weighted by atomic mass is 16.6. The predicted octanol–water partition coefficient (Wildman–Crippen LogP) is 2.25. The Balaban J connectivity index is 1.37. The molecule has 0 radical (unpaired) electrons. The molecule has 1 aromatic heterocycles. The highest BCUT2D eigenvalue weighted by Crippen LogP contribution is 2.31. The number of piperazine rings is 1. The van der Waals surface area contributed by atoms with Crippen LogP contribution in [0.5, 0.6) is 0 Å². The fourth-order valence-corrected chi connectivity index (χ4v) is 6.50. The fourth-order valence-electron chi connectivity index (χ4n) is 6.50. The van der Waals surface area contributed by atoms with E-state index in [4.69, 9.17) is 4.42 Å². The van der Waals surface area contributed by atoms with E-state index in [-0.39, 0.29) is 10.6 Å². The van der Waals surface area contributed by atoms with E-state index in [0.717, 1.165) is 30.3 Å². The molecule has 3 heterocycles. The van der Waals surface area contributed by atoms with Crippen molar-refractivity contribution in [2.75, 3.05) is 19.6 Å². The van der Waals surface area contributed by atoms with Gasteiger partial charge in [-0.2, -0.15) is 0 Å². The topological polar surface area (TPSA) is 65.2 Å². The smallest absolute Gasteiger partial charge is 0.280 e. The Kier molecular flexibility index (Phi) is 5.61. The molecule has 1 saturated carbocycles. The maximum Gasteiger partial charge on any atom is 0.280 e. The van der Waals surface area contributed by atoms with Crippen molar-refractivity contribution in [3.63, 3.8) is 0 Å². The van der Waals surface area contributed by atoms with Gasteiger partial charge in [-0.15, -0.1) is 0 Å². The third-order valence-electron chi connectivity index (χ3n) is 7.80. The lowest BCUT2D eigenvalue weighted by Gasteiger charge is -2.43. The van der Waals surface area contributed by atoms with Crippen molar-refractivity contribution in [3.05, 3.63) is 52.3 Å². The summed E-state index contributed by atoms with van der Waals surface area (Å²) >= 11 is 0. The van der Waals surface area contributed by atoms with E-state index in [1.807, 2.05) is 23.1 Å². The molecule has 2 N–H and O–H groups in total. The molecule has 6 nitrogen and oxygen atoms in total. The van der Waals surface area contributed by atoms with Crippen molar-refractivity contribution in [3.8, 4) is 11.3 Å². The Morgan fingerprint density at radius 3 is 2.63 bits per heavy atom. The predicted molar refractivity (Wildman–Crippen MR) is 114 cm³/mol. The number of rotatable bonds is 5. The zero-order valence-electron chi connectivity index (χ0n) is 17.6. The number of benzene rings is 1. The molecule has 0 bridgehead atoms. The Hall–Kier alpha value is -2.18. The van der Waals surface area contributed by atoms with Crippen LogP contribution >= 0.6 is 0 Å². The van der Waals surface area contributed by atoms with Crippen LogP contribution in [0.4, 0.5) is 5.69 Å². The summed E-state index contributed by atoms with van der Waals surface area (Å²) in [6.45, 7) is 4.71. The molecule has 2 aliphatic heterocycles. The second-order valence-electron chi connectivity index (χ2n) is 9.46. The molecule has 6 heteroatoms. The third kappa shape index (κ3) is 3.79. The summed E-state index contributed by atoms with van der Waals surface area (Å²) in [5.74, 6) is 2.41. The van der Waals surface area contributed by atoms with Crippen LogP contribution in [0.2, 0.25) is 0 Å². The molecule has 3 fully saturated rings. The zero-order chi connectivity index (χ0) is 20.5. The first-order valence-corrected chi connectivity index (χ1v) is 11.7.